The Kier molecular flexibility index (Phi) is 6.86. The SMILES string of the molecule is CC1(C)CC(CN[C@@H]2CCCC[C@@H]2Oc2ccc3c(c2)CN(C2CCC(=O)NC2=O)C3=O)CCO1. The molecule has 2 saturated heterocycles. The van der Waals surface area contributed by atoms with E-state index >= 15 is 0 Å². The van der Waals surface area contributed by atoms with Gasteiger partial charge in [0, 0.05) is 31.2 Å². The van der Waals surface area contributed by atoms with Crippen LogP contribution in [0.2, 0.25) is 0 Å². The molecule has 3 heterocycles. The minimum absolute atomic E-state index is 0.0450. The van der Waals surface area contributed by atoms with Crippen molar-refractivity contribution in [2.24, 2.45) is 5.92 Å². The van der Waals surface area contributed by atoms with Crippen molar-refractivity contribution in [2.75, 3.05) is 13.2 Å². The summed E-state index contributed by atoms with van der Waals surface area (Å²) in [5.74, 6) is 0.570. The highest BCUT2D eigenvalue weighted by Crippen LogP contribution is 2.32. The largest absolute Gasteiger partial charge is 0.489 e. The molecular formula is C27H37N3O5. The standard InChI is InChI=1S/C27H37N3O5/c1-27(2)14-17(11-12-34-27)15-28-21-5-3-4-6-23(21)35-19-7-8-20-18(13-19)16-30(26(20)33)22-9-10-24(31)29-25(22)32/h7-8,13,17,21-23,28H,3-6,9-12,14-16H2,1-2H3,(H,29,31,32)/t17?,21-,22?,23+/m1/s1. The number of carbonyl (C=O) groups is 3. The number of imide groups is 1. The highest BCUT2D eigenvalue weighted by Gasteiger charge is 2.39. The Bertz CT molecular complexity index is 993. The fourth-order valence-electron chi connectivity index (χ4n) is 6.12. The Hall–Kier alpha value is -2.45. The summed E-state index contributed by atoms with van der Waals surface area (Å²) in [5, 5.41) is 6.16. The van der Waals surface area contributed by atoms with Crippen molar-refractivity contribution in [3.63, 3.8) is 0 Å². The molecule has 1 aromatic rings. The first kappa shape index (κ1) is 24.3. The Balaban J connectivity index is 1.21. The molecule has 2 N–H and O–H groups in total. The van der Waals surface area contributed by atoms with E-state index in [1.807, 2.05) is 18.2 Å². The van der Waals surface area contributed by atoms with Gasteiger partial charge in [0.25, 0.3) is 5.91 Å². The average Bonchev–Trinajstić information content (AvgIpc) is 3.13. The molecule has 3 amide bonds. The van der Waals surface area contributed by atoms with E-state index in [4.69, 9.17) is 9.47 Å². The number of nitrogens with zero attached hydrogens (tertiary/aromatic N) is 1. The van der Waals surface area contributed by atoms with Gasteiger partial charge in [-0.1, -0.05) is 6.42 Å². The van der Waals surface area contributed by atoms with Crippen LogP contribution in [0.15, 0.2) is 18.2 Å². The summed E-state index contributed by atoms with van der Waals surface area (Å²) in [6.45, 7) is 6.52. The summed E-state index contributed by atoms with van der Waals surface area (Å²) in [6, 6.07) is 5.35. The predicted molar refractivity (Wildman–Crippen MR) is 130 cm³/mol. The zero-order valence-electron chi connectivity index (χ0n) is 20.8. The summed E-state index contributed by atoms with van der Waals surface area (Å²) in [4.78, 5) is 38.3. The number of rotatable bonds is 6. The van der Waals surface area contributed by atoms with Crippen LogP contribution < -0.4 is 15.4 Å². The molecule has 2 unspecified atom stereocenters. The summed E-state index contributed by atoms with van der Waals surface area (Å²) in [5.41, 5.74) is 1.45. The van der Waals surface area contributed by atoms with Crippen molar-refractivity contribution in [2.45, 2.75) is 95.5 Å². The van der Waals surface area contributed by atoms with E-state index in [2.05, 4.69) is 24.5 Å². The van der Waals surface area contributed by atoms with Gasteiger partial charge in [-0.25, -0.2) is 0 Å². The Morgan fingerprint density at radius 3 is 2.77 bits per heavy atom. The second kappa shape index (κ2) is 9.90. The summed E-state index contributed by atoms with van der Waals surface area (Å²) in [7, 11) is 0. The van der Waals surface area contributed by atoms with Crippen LogP contribution in [0.25, 0.3) is 0 Å². The van der Waals surface area contributed by atoms with Gasteiger partial charge < -0.3 is 19.7 Å². The number of benzene rings is 1. The van der Waals surface area contributed by atoms with Gasteiger partial charge in [0.1, 0.15) is 17.9 Å². The van der Waals surface area contributed by atoms with Crippen LogP contribution in [-0.2, 0) is 20.9 Å². The molecule has 0 bridgehead atoms. The van der Waals surface area contributed by atoms with E-state index < -0.39 is 6.04 Å². The number of piperidine rings is 1. The topological polar surface area (TPSA) is 97.0 Å². The van der Waals surface area contributed by atoms with Gasteiger partial charge >= 0.3 is 0 Å². The lowest BCUT2D eigenvalue weighted by Crippen LogP contribution is -2.52. The molecule has 1 aliphatic carbocycles. The first-order valence-corrected chi connectivity index (χ1v) is 13.1. The zero-order chi connectivity index (χ0) is 24.6. The van der Waals surface area contributed by atoms with Crippen molar-refractivity contribution >= 4 is 17.7 Å². The molecule has 3 fully saturated rings. The molecule has 35 heavy (non-hydrogen) atoms. The van der Waals surface area contributed by atoms with Crippen LogP contribution >= 0.6 is 0 Å². The van der Waals surface area contributed by atoms with Gasteiger partial charge in [0.05, 0.1) is 5.60 Å². The number of ether oxygens (including phenoxy) is 2. The van der Waals surface area contributed by atoms with E-state index in [9.17, 15) is 14.4 Å². The summed E-state index contributed by atoms with van der Waals surface area (Å²) < 4.78 is 12.4. The van der Waals surface area contributed by atoms with Crippen LogP contribution in [0, 0.1) is 5.92 Å². The van der Waals surface area contributed by atoms with Gasteiger partial charge in [-0.05, 0) is 88.6 Å². The first-order valence-electron chi connectivity index (χ1n) is 13.1. The number of fused-ring (bicyclic) bond motifs is 1. The molecule has 1 aromatic carbocycles. The van der Waals surface area contributed by atoms with E-state index in [1.165, 1.54) is 6.42 Å². The van der Waals surface area contributed by atoms with Crippen LogP contribution in [0.4, 0.5) is 0 Å². The minimum atomic E-state index is -0.598. The van der Waals surface area contributed by atoms with Crippen molar-refractivity contribution < 1.29 is 23.9 Å². The number of amides is 3. The van der Waals surface area contributed by atoms with Crippen molar-refractivity contribution in [1.29, 1.82) is 0 Å². The predicted octanol–water partition coefficient (Wildman–Crippen LogP) is 2.93. The molecule has 0 aromatic heterocycles. The molecule has 0 radical (unpaired) electrons. The normalized spacial score (nSPS) is 30.7. The third-order valence-corrected chi connectivity index (χ3v) is 7.95. The maximum absolute atomic E-state index is 13.0. The lowest BCUT2D eigenvalue weighted by atomic mass is 9.87. The van der Waals surface area contributed by atoms with Crippen LogP contribution in [0.5, 0.6) is 5.75 Å². The highest BCUT2D eigenvalue weighted by atomic mass is 16.5. The van der Waals surface area contributed by atoms with Gasteiger partial charge in [-0.15, -0.1) is 0 Å². The molecule has 0 spiro atoms. The third kappa shape index (κ3) is 5.38. The number of nitrogens with one attached hydrogen (secondary N) is 2. The second-order valence-corrected chi connectivity index (χ2v) is 11.1. The monoisotopic (exact) mass is 483 g/mol. The lowest BCUT2D eigenvalue weighted by Gasteiger charge is -2.38. The molecule has 8 nitrogen and oxygen atoms in total. The molecule has 1 saturated carbocycles. The van der Waals surface area contributed by atoms with Crippen molar-refractivity contribution in [3.8, 4) is 5.75 Å². The Morgan fingerprint density at radius 1 is 1.14 bits per heavy atom. The average molecular weight is 484 g/mol. The highest BCUT2D eigenvalue weighted by molar-refractivity contribution is 6.05. The molecule has 190 valence electrons. The number of carbonyl (C=O) groups excluding carboxylic acids is 3. The van der Waals surface area contributed by atoms with Crippen molar-refractivity contribution in [3.05, 3.63) is 29.3 Å². The smallest absolute Gasteiger partial charge is 0.255 e. The van der Waals surface area contributed by atoms with Gasteiger partial charge in [0.2, 0.25) is 11.8 Å². The molecule has 5 rings (SSSR count). The van der Waals surface area contributed by atoms with E-state index in [0.29, 0.717) is 30.5 Å². The molecule has 8 heteroatoms. The van der Waals surface area contributed by atoms with E-state index in [1.54, 1.807) is 4.90 Å². The third-order valence-electron chi connectivity index (χ3n) is 7.95. The maximum atomic E-state index is 13.0. The second-order valence-electron chi connectivity index (χ2n) is 11.1. The lowest BCUT2D eigenvalue weighted by molar-refractivity contribution is -0.136. The number of hydrogen-bond acceptors (Lipinski definition) is 6. The Labute approximate surface area is 207 Å². The van der Waals surface area contributed by atoms with Crippen LogP contribution in [-0.4, -0.2) is 59.6 Å². The van der Waals surface area contributed by atoms with Crippen LogP contribution in [0.3, 0.4) is 0 Å². The quantitative estimate of drug-likeness (QED) is 0.604. The van der Waals surface area contributed by atoms with Gasteiger partial charge in [-0.2, -0.15) is 0 Å². The zero-order valence-corrected chi connectivity index (χ0v) is 20.8. The first-order chi connectivity index (χ1) is 16.8. The maximum Gasteiger partial charge on any atom is 0.255 e. The van der Waals surface area contributed by atoms with Crippen LogP contribution in [0.1, 0.15) is 81.1 Å². The van der Waals surface area contributed by atoms with E-state index in [0.717, 1.165) is 56.6 Å². The summed E-state index contributed by atoms with van der Waals surface area (Å²) >= 11 is 0. The fraction of sp³-hybridized carbons (Fsp3) is 0.667. The molecule has 4 atom stereocenters. The van der Waals surface area contributed by atoms with Gasteiger partial charge in [-0.3, -0.25) is 19.7 Å². The minimum Gasteiger partial charge on any atom is -0.489 e. The number of hydrogen-bond donors (Lipinski definition) is 2. The van der Waals surface area contributed by atoms with Crippen molar-refractivity contribution in [1.82, 2.24) is 15.5 Å². The molecule has 3 aliphatic heterocycles. The van der Waals surface area contributed by atoms with E-state index in [-0.39, 0.29) is 35.8 Å². The summed E-state index contributed by atoms with van der Waals surface area (Å²) in [6.07, 6.45) is 7.35. The molecule has 4 aliphatic rings. The fourth-order valence-corrected chi connectivity index (χ4v) is 6.12. The molecular weight excluding hydrogens is 446 g/mol. The Morgan fingerprint density at radius 2 is 1.97 bits per heavy atom. The van der Waals surface area contributed by atoms with Gasteiger partial charge in [0.15, 0.2) is 0 Å².